The first-order valence-corrected chi connectivity index (χ1v) is 5.86. The molecule has 6 heteroatoms. The number of benzene rings is 1. The summed E-state index contributed by atoms with van der Waals surface area (Å²) in [6, 6.07) is 6.68. The fourth-order valence-electron chi connectivity index (χ4n) is 1.68. The number of primary amides is 1. The standard InChI is InChI=1S/C13H20N2O4/c1-17-11-7-5-4-6-9(11)15-10(13(14)16)8-12(18-2)19-3/h4-7,10,12,15H,8H2,1-3H3,(H2,14,16). The number of hydrogen-bond acceptors (Lipinski definition) is 5. The Bertz CT molecular complexity index is 407. The van der Waals surface area contributed by atoms with E-state index in [1.165, 1.54) is 14.2 Å². The molecule has 0 saturated carbocycles. The van der Waals surface area contributed by atoms with Gasteiger partial charge in [-0.25, -0.2) is 0 Å². The summed E-state index contributed by atoms with van der Waals surface area (Å²) in [6.07, 6.45) is -0.194. The summed E-state index contributed by atoms with van der Waals surface area (Å²) in [4.78, 5) is 11.5. The third kappa shape index (κ3) is 4.42. The van der Waals surface area contributed by atoms with Gasteiger partial charge in [0.1, 0.15) is 11.8 Å². The van der Waals surface area contributed by atoms with E-state index in [-0.39, 0.29) is 0 Å². The van der Waals surface area contributed by atoms with Crippen LogP contribution in [0.3, 0.4) is 0 Å². The SMILES string of the molecule is COc1ccccc1NC(CC(OC)OC)C(N)=O. The molecule has 0 fully saturated rings. The van der Waals surface area contributed by atoms with Crippen molar-refractivity contribution in [3.8, 4) is 5.75 Å². The van der Waals surface area contributed by atoms with Crippen LogP contribution in [0.15, 0.2) is 24.3 Å². The number of nitrogens with two attached hydrogens (primary N) is 1. The van der Waals surface area contributed by atoms with Gasteiger partial charge >= 0.3 is 0 Å². The van der Waals surface area contributed by atoms with E-state index in [2.05, 4.69) is 5.32 Å². The summed E-state index contributed by atoms with van der Waals surface area (Å²) in [6.45, 7) is 0. The lowest BCUT2D eigenvalue weighted by atomic mass is 10.1. The zero-order valence-electron chi connectivity index (χ0n) is 11.4. The molecule has 0 saturated heterocycles. The molecule has 1 aromatic carbocycles. The predicted octanol–water partition coefficient (Wildman–Crippen LogP) is 0.970. The zero-order chi connectivity index (χ0) is 14.3. The minimum Gasteiger partial charge on any atom is -0.495 e. The van der Waals surface area contributed by atoms with Gasteiger partial charge < -0.3 is 25.3 Å². The number of carbonyl (C=O) groups is 1. The molecule has 0 aliphatic carbocycles. The number of hydrogen-bond donors (Lipinski definition) is 2. The van der Waals surface area contributed by atoms with Gasteiger partial charge in [0, 0.05) is 20.6 Å². The fraction of sp³-hybridized carbons (Fsp3) is 0.462. The van der Waals surface area contributed by atoms with Crippen LogP contribution < -0.4 is 15.8 Å². The first-order chi connectivity index (χ1) is 9.12. The lowest BCUT2D eigenvalue weighted by molar-refractivity contribution is -0.127. The fourth-order valence-corrected chi connectivity index (χ4v) is 1.68. The van der Waals surface area contributed by atoms with Crippen molar-refractivity contribution in [2.24, 2.45) is 5.73 Å². The molecular formula is C13H20N2O4. The Morgan fingerprint density at radius 1 is 1.26 bits per heavy atom. The third-order valence-electron chi connectivity index (χ3n) is 2.73. The zero-order valence-corrected chi connectivity index (χ0v) is 11.4. The van der Waals surface area contributed by atoms with Crippen molar-refractivity contribution in [1.82, 2.24) is 0 Å². The van der Waals surface area contributed by atoms with Crippen molar-refractivity contribution in [3.63, 3.8) is 0 Å². The molecule has 1 rings (SSSR count). The van der Waals surface area contributed by atoms with Gasteiger partial charge in [-0.1, -0.05) is 12.1 Å². The van der Waals surface area contributed by atoms with Gasteiger partial charge in [-0.3, -0.25) is 4.79 Å². The summed E-state index contributed by atoms with van der Waals surface area (Å²) >= 11 is 0. The Labute approximate surface area is 112 Å². The van der Waals surface area contributed by atoms with Crippen LogP contribution in [0, 0.1) is 0 Å². The molecule has 0 spiro atoms. The second-order valence-corrected chi connectivity index (χ2v) is 3.94. The highest BCUT2D eigenvalue weighted by molar-refractivity contribution is 5.83. The summed E-state index contributed by atoms with van der Waals surface area (Å²) in [5, 5.41) is 3.04. The van der Waals surface area contributed by atoms with E-state index < -0.39 is 18.2 Å². The topological polar surface area (TPSA) is 82.8 Å². The maximum atomic E-state index is 11.5. The predicted molar refractivity (Wildman–Crippen MR) is 72.0 cm³/mol. The summed E-state index contributed by atoms with van der Waals surface area (Å²) in [5.41, 5.74) is 6.07. The van der Waals surface area contributed by atoms with Crippen LogP contribution in [0.25, 0.3) is 0 Å². The van der Waals surface area contributed by atoms with Crippen LogP contribution in [-0.4, -0.2) is 39.6 Å². The van der Waals surface area contributed by atoms with Gasteiger partial charge in [-0.05, 0) is 12.1 Å². The first-order valence-electron chi connectivity index (χ1n) is 5.86. The first kappa shape index (κ1) is 15.3. The minimum absolute atomic E-state index is 0.306. The monoisotopic (exact) mass is 268 g/mol. The Hall–Kier alpha value is -1.79. The van der Waals surface area contributed by atoms with Crippen LogP contribution >= 0.6 is 0 Å². The van der Waals surface area contributed by atoms with Crippen molar-refractivity contribution >= 4 is 11.6 Å². The van der Waals surface area contributed by atoms with Crippen LogP contribution in [0.5, 0.6) is 5.75 Å². The molecule has 1 aromatic rings. The Morgan fingerprint density at radius 2 is 1.89 bits per heavy atom. The summed E-state index contributed by atoms with van der Waals surface area (Å²) < 4.78 is 15.4. The average Bonchev–Trinajstić information content (AvgIpc) is 2.43. The number of carbonyl (C=O) groups excluding carboxylic acids is 1. The van der Waals surface area contributed by atoms with E-state index in [1.807, 2.05) is 18.2 Å². The molecule has 1 atom stereocenters. The van der Waals surface area contributed by atoms with E-state index >= 15 is 0 Å². The smallest absolute Gasteiger partial charge is 0.240 e. The summed E-state index contributed by atoms with van der Waals surface area (Å²) in [7, 11) is 4.58. The van der Waals surface area contributed by atoms with Gasteiger partial charge in [0.05, 0.1) is 12.8 Å². The second kappa shape index (κ2) is 7.60. The molecule has 1 unspecified atom stereocenters. The number of nitrogens with one attached hydrogen (secondary N) is 1. The highest BCUT2D eigenvalue weighted by atomic mass is 16.7. The van der Waals surface area contributed by atoms with Crippen molar-refractivity contribution in [2.75, 3.05) is 26.6 Å². The Balaban J connectivity index is 2.81. The molecule has 0 aliphatic heterocycles. The van der Waals surface area contributed by atoms with Gasteiger partial charge in [0.2, 0.25) is 5.91 Å². The molecule has 0 heterocycles. The van der Waals surface area contributed by atoms with Gasteiger partial charge in [-0.2, -0.15) is 0 Å². The van der Waals surface area contributed by atoms with Crippen molar-refractivity contribution in [3.05, 3.63) is 24.3 Å². The van der Waals surface area contributed by atoms with Gasteiger partial charge in [0.15, 0.2) is 6.29 Å². The number of methoxy groups -OCH3 is 3. The highest BCUT2D eigenvalue weighted by Gasteiger charge is 2.21. The van der Waals surface area contributed by atoms with Crippen LogP contribution in [-0.2, 0) is 14.3 Å². The minimum atomic E-state index is -0.610. The number of rotatable bonds is 8. The molecule has 0 radical (unpaired) electrons. The quantitative estimate of drug-likeness (QED) is 0.686. The van der Waals surface area contributed by atoms with Gasteiger partial charge in [0.25, 0.3) is 0 Å². The molecule has 0 bridgehead atoms. The number of ether oxygens (including phenoxy) is 3. The average molecular weight is 268 g/mol. The van der Waals surface area contributed by atoms with E-state index in [0.717, 1.165) is 0 Å². The molecule has 106 valence electrons. The molecular weight excluding hydrogens is 248 g/mol. The van der Waals surface area contributed by atoms with E-state index in [4.69, 9.17) is 19.9 Å². The Morgan fingerprint density at radius 3 is 2.42 bits per heavy atom. The number of para-hydroxylation sites is 2. The van der Waals surface area contributed by atoms with Crippen LogP contribution in [0.2, 0.25) is 0 Å². The van der Waals surface area contributed by atoms with Crippen molar-refractivity contribution in [2.45, 2.75) is 18.8 Å². The Kier molecular flexibility index (Phi) is 6.11. The second-order valence-electron chi connectivity index (χ2n) is 3.94. The van der Waals surface area contributed by atoms with Crippen LogP contribution in [0.1, 0.15) is 6.42 Å². The molecule has 0 aliphatic rings. The lowest BCUT2D eigenvalue weighted by Gasteiger charge is -2.22. The lowest BCUT2D eigenvalue weighted by Crippen LogP contribution is -2.39. The summed E-state index contributed by atoms with van der Waals surface area (Å²) in [5.74, 6) is 0.158. The van der Waals surface area contributed by atoms with E-state index in [9.17, 15) is 4.79 Å². The molecule has 3 N–H and O–H groups in total. The van der Waals surface area contributed by atoms with E-state index in [1.54, 1.807) is 13.2 Å². The van der Waals surface area contributed by atoms with Crippen LogP contribution in [0.4, 0.5) is 5.69 Å². The van der Waals surface area contributed by atoms with Crippen molar-refractivity contribution < 1.29 is 19.0 Å². The molecule has 0 aromatic heterocycles. The maximum Gasteiger partial charge on any atom is 0.240 e. The number of anilines is 1. The number of amides is 1. The normalized spacial score (nSPS) is 12.2. The van der Waals surface area contributed by atoms with Gasteiger partial charge in [-0.15, -0.1) is 0 Å². The van der Waals surface area contributed by atoms with E-state index in [0.29, 0.717) is 17.9 Å². The highest BCUT2D eigenvalue weighted by Crippen LogP contribution is 2.24. The maximum absolute atomic E-state index is 11.5. The molecule has 6 nitrogen and oxygen atoms in total. The largest absolute Gasteiger partial charge is 0.495 e. The third-order valence-corrected chi connectivity index (χ3v) is 2.73. The molecule has 1 amide bonds. The van der Waals surface area contributed by atoms with Crippen molar-refractivity contribution in [1.29, 1.82) is 0 Å². The molecule has 19 heavy (non-hydrogen) atoms.